The van der Waals surface area contributed by atoms with Gasteiger partial charge in [-0.05, 0) is 18.4 Å². The summed E-state index contributed by atoms with van der Waals surface area (Å²) in [5.41, 5.74) is 1.71. The number of ether oxygens (including phenoxy) is 1. The summed E-state index contributed by atoms with van der Waals surface area (Å²) in [6.07, 6.45) is 0.265. The number of amides is 1. The van der Waals surface area contributed by atoms with Crippen LogP contribution >= 0.6 is 11.3 Å². The first-order chi connectivity index (χ1) is 11.7. The van der Waals surface area contributed by atoms with E-state index in [1.165, 1.54) is 11.3 Å². The Morgan fingerprint density at radius 3 is 3.17 bits per heavy atom. The van der Waals surface area contributed by atoms with Gasteiger partial charge in [-0.2, -0.15) is 11.3 Å². The first kappa shape index (κ1) is 15.8. The molecule has 2 saturated heterocycles. The van der Waals surface area contributed by atoms with E-state index in [2.05, 4.69) is 15.4 Å². The van der Waals surface area contributed by atoms with Gasteiger partial charge in [0.1, 0.15) is 5.76 Å². The smallest absolute Gasteiger partial charge is 0.252 e. The largest absolute Gasteiger partial charge is 0.376 e. The van der Waals surface area contributed by atoms with Crippen molar-refractivity contribution in [2.24, 2.45) is 11.8 Å². The molecule has 7 heteroatoms. The van der Waals surface area contributed by atoms with Gasteiger partial charge in [0.25, 0.3) is 5.91 Å². The molecule has 0 spiro atoms. The summed E-state index contributed by atoms with van der Waals surface area (Å²) in [5.74, 6) is 1.70. The van der Waals surface area contributed by atoms with Gasteiger partial charge >= 0.3 is 0 Å². The molecule has 128 valence electrons. The van der Waals surface area contributed by atoms with Crippen LogP contribution in [-0.4, -0.2) is 48.3 Å². The number of carbonyl (C=O) groups is 1. The minimum atomic E-state index is 0.00706. The number of nitrogens with zero attached hydrogens (tertiary/aromatic N) is 2. The maximum atomic E-state index is 12.1. The monoisotopic (exact) mass is 347 g/mol. The first-order valence-electron chi connectivity index (χ1n) is 8.25. The highest BCUT2D eigenvalue weighted by molar-refractivity contribution is 7.08. The van der Waals surface area contributed by atoms with E-state index in [1.807, 2.05) is 29.8 Å². The van der Waals surface area contributed by atoms with Gasteiger partial charge in [0.2, 0.25) is 0 Å². The van der Waals surface area contributed by atoms with Crippen molar-refractivity contribution in [2.45, 2.75) is 19.6 Å². The lowest BCUT2D eigenvalue weighted by Crippen LogP contribution is -2.34. The summed E-state index contributed by atoms with van der Waals surface area (Å²) in [4.78, 5) is 14.4. The molecule has 0 radical (unpaired) electrons. The third-order valence-electron chi connectivity index (χ3n) is 4.89. The molecule has 6 nitrogen and oxygen atoms in total. The van der Waals surface area contributed by atoms with E-state index in [9.17, 15) is 4.79 Å². The summed E-state index contributed by atoms with van der Waals surface area (Å²) in [6.45, 7) is 6.01. The van der Waals surface area contributed by atoms with Crippen molar-refractivity contribution >= 4 is 17.2 Å². The number of likely N-dealkylation sites (tertiary alicyclic amines) is 1. The van der Waals surface area contributed by atoms with Crippen molar-refractivity contribution in [3.8, 4) is 0 Å². The van der Waals surface area contributed by atoms with Gasteiger partial charge in [-0.1, -0.05) is 5.16 Å². The van der Waals surface area contributed by atoms with E-state index < -0.39 is 0 Å². The minimum absolute atomic E-state index is 0.00706. The zero-order valence-corrected chi connectivity index (χ0v) is 14.4. The molecule has 4 rings (SSSR count). The molecule has 0 aliphatic carbocycles. The Morgan fingerprint density at radius 1 is 1.50 bits per heavy atom. The average Bonchev–Trinajstić information content (AvgIpc) is 3.30. The molecule has 0 saturated carbocycles. The summed E-state index contributed by atoms with van der Waals surface area (Å²) in [5, 5.41) is 10.9. The lowest BCUT2D eigenvalue weighted by atomic mass is 9.93. The van der Waals surface area contributed by atoms with Crippen LogP contribution < -0.4 is 5.32 Å². The van der Waals surface area contributed by atoms with E-state index in [0.717, 1.165) is 43.3 Å². The fourth-order valence-corrected chi connectivity index (χ4v) is 4.30. The topological polar surface area (TPSA) is 67.6 Å². The molecule has 3 atom stereocenters. The Balaban J connectivity index is 1.30. The maximum absolute atomic E-state index is 12.1. The fraction of sp³-hybridized carbons (Fsp3) is 0.529. The van der Waals surface area contributed by atoms with Gasteiger partial charge in [-0.3, -0.25) is 9.69 Å². The lowest BCUT2D eigenvalue weighted by Gasteiger charge is -2.19. The Bertz CT molecular complexity index is 700. The van der Waals surface area contributed by atoms with Crippen LogP contribution in [0.15, 0.2) is 27.4 Å². The van der Waals surface area contributed by atoms with Crippen LogP contribution in [0, 0.1) is 18.8 Å². The second-order valence-electron chi connectivity index (χ2n) is 6.64. The van der Waals surface area contributed by atoms with Crippen molar-refractivity contribution in [1.82, 2.24) is 15.4 Å². The Kier molecular flexibility index (Phi) is 4.39. The normalized spacial score (nSPS) is 26.6. The summed E-state index contributed by atoms with van der Waals surface area (Å²) >= 11 is 1.54. The van der Waals surface area contributed by atoms with Crippen molar-refractivity contribution in [1.29, 1.82) is 0 Å². The highest BCUT2D eigenvalue weighted by Gasteiger charge is 2.43. The number of nitrogens with one attached hydrogen (secondary N) is 1. The van der Waals surface area contributed by atoms with Crippen LogP contribution in [-0.2, 0) is 11.3 Å². The summed E-state index contributed by atoms with van der Waals surface area (Å²) in [7, 11) is 0. The number of hydrogen-bond donors (Lipinski definition) is 1. The second-order valence-corrected chi connectivity index (χ2v) is 7.42. The van der Waals surface area contributed by atoms with E-state index in [4.69, 9.17) is 9.26 Å². The van der Waals surface area contributed by atoms with Crippen molar-refractivity contribution < 1.29 is 14.1 Å². The number of carbonyl (C=O) groups excluding carboxylic acids is 1. The Morgan fingerprint density at radius 2 is 2.42 bits per heavy atom. The molecule has 0 bridgehead atoms. The maximum Gasteiger partial charge on any atom is 0.252 e. The minimum Gasteiger partial charge on any atom is -0.376 e. The SMILES string of the molecule is Cc1cc(CN2C[C@@H]3[C@H](CNC(=O)c4ccsc4)CO[C@@H]3C2)no1. The predicted molar refractivity (Wildman–Crippen MR) is 89.9 cm³/mol. The number of aromatic nitrogens is 1. The highest BCUT2D eigenvalue weighted by Crippen LogP contribution is 2.34. The number of fused-ring (bicyclic) bond motifs is 1. The van der Waals surface area contributed by atoms with Crippen molar-refractivity contribution in [2.75, 3.05) is 26.2 Å². The van der Waals surface area contributed by atoms with Crippen LogP contribution in [0.1, 0.15) is 21.8 Å². The average molecular weight is 347 g/mol. The quantitative estimate of drug-likeness (QED) is 0.895. The van der Waals surface area contributed by atoms with Crippen LogP contribution in [0.3, 0.4) is 0 Å². The Labute approximate surface area is 144 Å². The molecule has 0 unspecified atom stereocenters. The molecular weight excluding hydrogens is 326 g/mol. The first-order valence-corrected chi connectivity index (χ1v) is 9.20. The zero-order chi connectivity index (χ0) is 16.5. The summed E-state index contributed by atoms with van der Waals surface area (Å²) in [6, 6.07) is 3.83. The second kappa shape index (κ2) is 6.66. The molecule has 2 aromatic rings. The number of aryl methyl sites for hydroxylation is 1. The number of rotatable bonds is 5. The number of thiophene rings is 1. The molecule has 1 N–H and O–H groups in total. The van der Waals surface area contributed by atoms with Gasteiger partial charge < -0.3 is 14.6 Å². The molecule has 1 amide bonds. The highest BCUT2D eigenvalue weighted by atomic mass is 32.1. The molecule has 2 aliphatic rings. The van der Waals surface area contributed by atoms with E-state index in [-0.39, 0.29) is 12.0 Å². The van der Waals surface area contributed by atoms with Crippen LogP contribution in [0.4, 0.5) is 0 Å². The van der Waals surface area contributed by atoms with Gasteiger partial charge in [0, 0.05) is 55.0 Å². The number of hydrogen-bond acceptors (Lipinski definition) is 6. The summed E-state index contributed by atoms with van der Waals surface area (Å²) < 4.78 is 11.1. The predicted octanol–water partition coefficient (Wildman–Crippen LogP) is 1.92. The molecule has 24 heavy (non-hydrogen) atoms. The van der Waals surface area contributed by atoms with Gasteiger partial charge in [0.15, 0.2) is 0 Å². The molecule has 2 aliphatic heterocycles. The van der Waals surface area contributed by atoms with Crippen LogP contribution in [0.2, 0.25) is 0 Å². The van der Waals surface area contributed by atoms with Gasteiger partial charge in [-0.25, -0.2) is 0 Å². The Hall–Kier alpha value is -1.70. The van der Waals surface area contributed by atoms with Crippen molar-refractivity contribution in [3.63, 3.8) is 0 Å². The van der Waals surface area contributed by atoms with E-state index >= 15 is 0 Å². The molecule has 0 aromatic carbocycles. The van der Waals surface area contributed by atoms with Crippen molar-refractivity contribution in [3.05, 3.63) is 39.9 Å². The third-order valence-corrected chi connectivity index (χ3v) is 5.57. The third kappa shape index (κ3) is 3.24. The molecular formula is C17H21N3O3S. The molecule has 4 heterocycles. The van der Waals surface area contributed by atoms with E-state index in [0.29, 0.717) is 18.4 Å². The zero-order valence-electron chi connectivity index (χ0n) is 13.6. The van der Waals surface area contributed by atoms with E-state index in [1.54, 1.807) is 0 Å². The molecule has 2 aromatic heterocycles. The van der Waals surface area contributed by atoms with Crippen LogP contribution in [0.25, 0.3) is 0 Å². The van der Waals surface area contributed by atoms with Gasteiger partial charge in [-0.15, -0.1) is 0 Å². The molecule has 2 fully saturated rings. The van der Waals surface area contributed by atoms with Crippen LogP contribution in [0.5, 0.6) is 0 Å². The van der Waals surface area contributed by atoms with Gasteiger partial charge in [0.05, 0.1) is 18.4 Å². The fourth-order valence-electron chi connectivity index (χ4n) is 3.66. The lowest BCUT2D eigenvalue weighted by molar-refractivity contribution is 0.0902. The standard InChI is InChI=1S/C17H21N3O3S/c1-11-4-14(19-23-11)6-20-7-15-13(9-22-16(15)8-20)5-18-17(21)12-2-3-24-10-12/h2-4,10,13,15-16H,5-9H2,1H3,(H,18,21)/t13-,15-,16-/m1/s1.